The third kappa shape index (κ3) is 4.14. The van der Waals surface area contributed by atoms with Crippen LogP contribution in [0.1, 0.15) is 36.0 Å². The monoisotopic (exact) mass is 556 g/mol. The summed E-state index contributed by atoms with van der Waals surface area (Å²) < 4.78 is 60.2. The molecule has 1 aromatic carbocycles. The van der Waals surface area contributed by atoms with Gasteiger partial charge in [-0.25, -0.2) is 18.0 Å². The van der Waals surface area contributed by atoms with E-state index in [9.17, 15) is 22.6 Å². The van der Waals surface area contributed by atoms with E-state index in [1.54, 1.807) is 43.6 Å². The van der Waals surface area contributed by atoms with Gasteiger partial charge in [-0.1, -0.05) is 18.2 Å². The molecule has 2 aliphatic heterocycles. The maximum Gasteiger partial charge on any atom is 0.253 e. The highest BCUT2D eigenvalue weighted by Gasteiger charge is 2.59. The van der Waals surface area contributed by atoms with Crippen LogP contribution in [0.4, 0.5) is 20.3 Å². The van der Waals surface area contributed by atoms with Gasteiger partial charge in [0, 0.05) is 69.7 Å². The molecule has 0 bridgehead atoms. The summed E-state index contributed by atoms with van der Waals surface area (Å²) in [4.78, 5) is 10.7. The average molecular weight is 557 g/mol. The number of likely N-dealkylation sites (tertiary alicyclic amines) is 1. The SMILES string of the molecule is Cc1ccc(CN2CCC(O)(c3cccnc3)CC2)cc1S1(=O)([O-])N(C)c2ncccc2N1CC1CC1(F)F. The molecule has 0 spiro atoms. The van der Waals surface area contributed by atoms with Crippen LogP contribution in [0.2, 0.25) is 0 Å². The first-order chi connectivity index (χ1) is 18.4. The number of piperidine rings is 1. The number of anilines is 2. The number of pyridine rings is 2. The van der Waals surface area contributed by atoms with Gasteiger partial charge in [0.1, 0.15) is 0 Å². The number of aromatic nitrogens is 2. The van der Waals surface area contributed by atoms with Crippen LogP contribution in [-0.2, 0) is 21.9 Å². The van der Waals surface area contributed by atoms with E-state index in [2.05, 4.69) is 14.9 Å². The van der Waals surface area contributed by atoms with Crippen LogP contribution in [0.15, 0.2) is 66.0 Å². The molecule has 3 aliphatic rings. The van der Waals surface area contributed by atoms with Gasteiger partial charge in [0.15, 0.2) is 5.82 Å². The molecule has 1 aliphatic carbocycles. The van der Waals surface area contributed by atoms with E-state index in [0.717, 1.165) is 19.7 Å². The molecular weight excluding hydrogens is 524 g/mol. The molecule has 0 amide bonds. The molecule has 2 aromatic heterocycles. The maximum atomic E-state index is 14.9. The Labute approximate surface area is 226 Å². The Kier molecular flexibility index (Phi) is 5.89. The standard InChI is InChI=1S/C28H33F2N5O3S/c1-20-7-8-21(18-34-13-9-27(36,10-14-34)22-5-3-11-31-17-22)15-25(20)39(37,38)33(2)26-24(6-4-12-32-26)35(39)19-23-16-28(23,29)30/h3-8,11-12,15,17,23,36H,9-10,13-14,16,18-19H2,1-2H3,(H,37,38)/p-1. The second-order valence-corrected chi connectivity index (χ2v) is 14.0. The van der Waals surface area contributed by atoms with Crippen molar-refractivity contribution in [2.45, 2.75) is 49.2 Å². The molecule has 1 saturated carbocycles. The van der Waals surface area contributed by atoms with Gasteiger partial charge in [0.25, 0.3) is 5.92 Å². The van der Waals surface area contributed by atoms with Crippen molar-refractivity contribution in [2.75, 3.05) is 35.3 Å². The molecule has 6 rings (SSSR count). The van der Waals surface area contributed by atoms with Crippen LogP contribution in [0.25, 0.3) is 0 Å². The number of aliphatic hydroxyl groups is 1. The van der Waals surface area contributed by atoms with Crippen LogP contribution in [0.5, 0.6) is 0 Å². The van der Waals surface area contributed by atoms with E-state index >= 15 is 0 Å². The van der Waals surface area contributed by atoms with Gasteiger partial charge in [0.05, 0.1) is 16.2 Å². The summed E-state index contributed by atoms with van der Waals surface area (Å²) in [6.45, 7) is 3.16. The topological polar surface area (TPSA) is 95.9 Å². The third-order valence-corrected chi connectivity index (χ3v) is 11.9. The van der Waals surface area contributed by atoms with Crippen molar-refractivity contribution in [3.63, 3.8) is 0 Å². The molecule has 2 fully saturated rings. The number of nitrogens with zero attached hydrogens (tertiary/aromatic N) is 5. The number of alkyl halides is 2. The van der Waals surface area contributed by atoms with Crippen LogP contribution < -0.4 is 8.61 Å². The minimum absolute atomic E-state index is 0.0813. The van der Waals surface area contributed by atoms with Crippen LogP contribution in [0, 0.1) is 12.8 Å². The Morgan fingerprint density at radius 1 is 1.15 bits per heavy atom. The molecule has 1 N–H and O–H groups in total. The average Bonchev–Trinajstić information content (AvgIpc) is 3.50. The van der Waals surface area contributed by atoms with E-state index in [4.69, 9.17) is 0 Å². The molecule has 1 saturated heterocycles. The van der Waals surface area contributed by atoms with Crippen molar-refractivity contribution in [2.24, 2.45) is 5.92 Å². The molecule has 208 valence electrons. The van der Waals surface area contributed by atoms with Gasteiger partial charge in [-0.2, -0.15) is 9.72 Å². The highest BCUT2D eigenvalue weighted by molar-refractivity contribution is 8.17. The third-order valence-electron chi connectivity index (χ3n) is 8.46. The first-order valence-electron chi connectivity index (χ1n) is 13.1. The fourth-order valence-electron chi connectivity index (χ4n) is 5.85. The summed E-state index contributed by atoms with van der Waals surface area (Å²) >= 11 is 0. The highest BCUT2D eigenvalue weighted by Crippen LogP contribution is 2.57. The lowest BCUT2D eigenvalue weighted by Gasteiger charge is -2.62. The Morgan fingerprint density at radius 3 is 2.54 bits per heavy atom. The lowest BCUT2D eigenvalue weighted by molar-refractivity contribution is -0.0279. The van der Waals surface area contributed by atoms with E-state index in [0.29, 0.717) is 43.7 Å². The number of aryl methyl sites for hydroxylation is 1. The Balaban J connectivity index is 1.30. The zero-order chi connectivity index (χ0) is 27.7. The lowest BCUT2D eigenvalue weighted by atomic mass is 9.85. The molecular formula is C28H32F2N5O3S-. The molecule has 8 nitrogen and oxygen atoms in total. The number of rotatable bonds is 6. The molecule has 0 radical (unpaired) electrons. The number of sulfonamides is 2. The number of hydrogen-bond donors (Lipinski definition) is 1. The second kappa shape index (κ2) is 8.76. The van der Waals surface area contributed by atoms with Crippen LogP contribution in [0.3, 0.4) is 0 Å². The van der Waals surface area contributed by atoms with Crippen molar-refractivity contribution in [3.05, 3.63) is 77.7 Å². The Hall–Kier alpha value is -2.99. The van der Waals surface area contributed by atoms with Crippen molar-refractivity contribution in [1.82, 2.24) is 14.9 Å². The van der Waals surface area contributed by atoms with Gasteiger partial charge >= 0.3 is 0 Å². The van der Waals surface area contributed by atoms with E-state index < -0.39 is 27.2 Å². The first-order valence-corrected chi connectivity index (χ1v) is 14.9. The quantitative estimate of drug-likeness (QED) is 0.493. The summed E-state index contributed by atoms with van der Waals surface area (Å²) in [6, 6.07) is 12.3. The van der Waals surface area contributed by atoms with Crippen molar-refractivity contribution in [3.8, 4) is 0 Å². The van der Waals surface area contributed by atoms with Crippen molar-refractivity contribution < 1.29 is 22.6 Å². The van der Waals surface area contributed by atoms with Gasteiger partial charge in [0.2, 0.25) is 0 Å². The number of benzene rings is 1. The molecule has 39 heavy (non-hydrogen) atoms. The minimum Gasteiger partial charge on any atom is -0.732 e. The highest BCUT2D eigenvalue weighted by atomic mass is 32.3. The predicted octanol–water partition coefficient (Wildman–Crippen LogP) is 4.02. The van der Waals surface area contributed by atoms with Crippen molar-refractivity contribution in [1.29, 1.82) is 0 Å². The van der Waals surface area contributed by atoms with Gasteiger partial charge < -0.3 is 9.66 Å². The number of fused-ring (bicyclic) bond motifs is 1. The van der Waals surface area contributed by atoms with E-state index in [1.165, 1.54) is 13.2 Å². The number of hydrogen-bond acceptors (Lipinski definition) is 6. The molecule has 1 unspecified atom stereocenters. The van der Waals surface area contributed by atoms with Crippen LogP contribution >= 0.6 is 0 Å². The summed E-state index contributed by atoms with van der Waals surface area (Å²) in [5, 5.41) is 11.2. The fourth-order valence-corrected chi connectivity index (χ4v) is 9.03. The van der Waals surface area contributed by atoms with Crippen LogP contribution in [-0.4, -0.2) is 61.3 Å². The van der Waals surface area contributed by atoms with E-state index in [1.807, 2.05) is 18.2 Å². The zero-order valence-electron chi connectivity index (χ0n) is 22.0. The fraction of sp³-hybridized carbons (Fsp3) is 0.429. The molecule has 4 heterocycles. The predicted molar refractivity (Wildman–Crippen MR) is 144 cm³/mol. The number of halogens is 2. The summed E-state index contributed by atoms with van der Waals surface area (Å²) in [6.07, 6.45) is 5.62. The van der Waals surface area contributed by atoms with E-state index in [-0.39, 0.29) is 23.7 Å². The molecule has 3 aromatic rings. The maximum absolute atomic E-state index is 14.9. The zero-order valence-corrected chi connectivity index (χ0v) is 22.8. The van der Waals surface area contributed by atoms with Gasteiger partial charge in [-0.15, -0.1) is 0 Å². The summed E-state index contributed by atoms with van der Waals surface area (Å²) in [5.41, 5.74) is 1.49. The van der Waals surface area contributed by atoms with Gasteiger partial charge in [-0.3, -0.25) is 18.5 Å². The van der Waals surface area contributed by atoms with Gasteiger partial charge in [-0.05, 0) is 55.2 Å². The smallest absolute Gasteiger partial charge is 0.253 e. The largest absolute Gasteiger partial charge is 0.732 e. The summed E-state index contributed by atoms with van der Waals surface area (Å²) in [7, 11) is -3.83. The molecule has 11 heteroatoms. The Bertz CT molecular complexity index is 1480. The first kappa shape index (κ1) is 26.2. The lowest BCUT2D eigenvalue weighted by Crippen LogP contribution is -2.58. The second-order valence-electron chi connectivity index (χ2n) is 11.0. The van der Waals surface area contributed by atoms with Crippen molar-refractivity contribution >= 4 is 21.2 Å². The Morgan fingerprint density at radius 2 is 1.87 bits per heavy atom. The summed E-state index contributed by atoms with van der Waals surface area (Å²) in [5.74, 6) is -3.68. The normalized spacial score (nSPS) is 25.5. The molecule has 1 atom stereocenters. The minimum atomic E-state index is -5.27.